The van der Waals surface area contributed by atoms with Gasteiger partial charge in [0, 0.05) is 37.5 Å². The van der Waals surface area contributed by atoms with Crippen LogP contribution in [0.5, 0.6) is 5.75 Å². The first-order chi connectivity index (χ1) is 13.0. The number of rotatable bonds is 10. The van der Waals surface area contributed by atoms with E-state index in [1.54, 1.807) is 0 Å². The Balaban J connectivity index is 1.75. The number of nitrogens with zero attached hydrogens (tertiary/aromatic N) is 2. The Hall–Kier alpha value is -3.42. The van der Waals surface area contributed by atoms with Crippen molar-refractivity contribution in [3.63, 3.8) is 0 Å². The Morgan fingerprint density at radius 2 is 2.00 bits per heavy atom. The van der Waals surface area contributed by atoms with Gasteiger partial charge in [-0.1, -0.05) is 18.2 Å². The van der Waals surface area contributed by atoms with Gasteiger partial charge in [-0.25, -0.2) is 0 Å². The molecule has 0 saturated carbocycles. The van der Waals surface area contributed by atoms with Gasteiger partial charge in [0.25, 0.3) is 5.91 Å². The minimum absolute atomic E-state index is 0.0513. The molecule has 8 nitrogen and oxygen atoms in total. The van der Waals surface area contributed by atoms with Crippen molar-refractivity contribution in [2.24, 2.45) is 0 Å². The molecule has 1 amide bonds. The van der Waals surface area contributed by atoms with Crippen LogP contribution in [0.4, 0.5) is 11.4 Å². The number of ether oxygens (including phenoxy) is 1. The fourth-order valence-electron chi connectivity index (χ4n) is 2.42. The third-order valence-electron chi connectivity index (χ3n) is 3.86. The molecule has 0 bridgehead atoms. The predicted octanol–water partition coefficient (Wildman–Crippen LogP) is 2.43. The van der Waals surface area contributed by atoms with Gasteiger partial charge in [-0.2, -0.15) is 0 Å². The maximum atomic E-state index is 11.9. The molecule has 2 rings (SSSR count). The van der Waals surface area contributed by atoms with Crippen LogP contribution in [-0.2, 0) is 4.79 Å². The number of hydrogen-bond donors (Lipinski definition) is 1. The Bertz CT molecular complexity index is 795. The number of nitrogens with one attached hydrogen (secondary N) is 1. The summed E-state index contributed by atoms with van der Waals surface area (Å²) < 4.78 is 5.23. The maximum absolute atomic E-state index is 11.9. The Morgan fingerprint density at radius 3 is 2.67 bits per heavy atom. The summed E-state index contributed by atoms with van der Waals surface area (Å²) in [6.07, 6.45) is 1.25. The van der Waals surface area contributed by atoms with E-state index in [4.69, 9.17) is 4.74 Å². The molecule has 0 aliphatic heterocycles. The standard InChI is InChI=1S/C19H21N3O5/c1-21(16-6-3-2-4-7-16)11-5-10-20-19(24)14-27-18-9-8-15(13-23)12-17(18)22(25)26/h2-4,6-9,12-13H,5,10-11,14H2,1H3,(H,20,24). The number of carbonyl (C=O) groups is 2. The lowest BCUT2D eigenvalue weighted by molar-refractivity contribution is -0.385. The molecular weight excluding hydrogens is 350 g/mol. The van der Waals surface area contributed by atoms with Crippen LogP contribution in [-0.4, -0.2) is 43.9 Å². The number of anilines is 1. The highest BCUT2D eigenvalue weighted by Crippen LogP contribution is 2.27. The summed E-state index contributed by atoms with van der Waals surface area (Å²) in [5, 5.41) is 13.7. The van der Waals surface area contributed by atoms with Crippen molar-refractivity contribution in [3.8, 4) is 5.75 Å². The highest BCUT2D eigenvalue weighted by molar-refractivity contribution is 5.79. The number of nitro groups is 1. The smallest absolute Gasteiger partial charge is 0.311 e. The lowest BCUT2D eigenvalue weighted by Gasteiger charge is -2.19. The fraction of sp³-hybridized carbons (Fsp3) is 0.263. The van der Waals surface area contributed by atoms with Gasteiger partial charge in [0.2, 0.25) is 0 Å². The second-order valence-corrected chi connectivity index (χ2v) is 5.85. The van der Waals surface area contributed by atoms with Crippen LogP contribution < -0.4 is 15.0 Å². The van der Waals surface area contributed by atoms with Crippen LogP contribution in [0.2, 0.25) is 0 Å². The highest BCUT2D eigenvalue weighted by Gasteiger charge is 2.17. The topological polar surface area (TPSA) is 102 Å². The van der Waals surface area contributed by atoms with Crippen molar-refractivity contribution >= 4 is 23.6 Å². The molecule has 2 aromatic carbocycles. The summed E-state index contributed by atoms with van der Waals surface area (Å²) in [6, 6.07) is 13.7. The average molecular weight is 371 g/mol. The number of amides is 1. The van der Waals surface area contributed by atoms with E-state index in [1.165, 1.54) is 12.1 Å². The first-order valence-electron chi connectivity index (χ1n) is 8.40. The summed E-state index contributed by atoms with van der Waals surface area (Å²) in [4.78, 5) is 35.0. The minimum atomic E-state index is -0.653. The van der Waals surface area contributed by atoms with Crippen molar-refractivity contribution in [1.29, 1.82) is 0 Å². The lowest BCUT2D eigenvalue weighted by Crippen LogP contribution is -2.31. The van der Waals surface area contributed by atoms with Crippen molar-refractivity contribution in [2.75, 3.05) is 31.6 Å². The first-order valence-corrected chi connectivity index (χ1v) is 8.40. The van der Waals surface area contributed by atoms with E-state index in [0.29, 0.717) is 12.8 Å². The second kappa shape index (κ2) is 9.91. The maximum Gasteiger partial charge on any atom is 0.311 e. The fourth-order valence-corrected chi connectivity index (χ4v) is 2.42. The molecule has 0 radical (unpaired) electrons. The van der Waals surface area contributed by atoms with E-state index < -0.39 is 4.92 Å². The molecule has 0 aliphatic carbocycles. The zero-order valence-electron chi connectivity index (χ0n) is 15.0. The van der Waals surface area contributed by atoms with E-state index in [9.17, 15) is 19.7 Å². The number of benzene rings is 2. The van der Waals surface area contributed by atoms with Gasteiger partial charge in [0.05, 0.1) is 4.92 Å². The number of para-hydroxylation sites is 1. The van der Waals surface area contributed by atoms with Gasteiger partial charge >= 0.3 is 5.69 Å². The monoisotopic (exact) mass is 371 g/mol. The summed E-state index contributed by atoms with van der Waals surface area (Å²) in [7, 11) is 1.97. The van der Waals surface area contributed by atoms with Gasteiger partial charge < -0.3 is 15.0 Å². The Kier molecular flexibility index (Phi) is 7.30. The normalized spacial score (nSPS) is 10.1. The van der Waals surface area contributed by atoms with Crippen molar-refractivity contribution in [1.82, 2.24) is 5.32 Å². The van der Waals surface area contributed by atoms with Crippen LogP contribution in [0.25, 0.3) is 0 Å². The van der Waals surface area contributed by atoms with Gasteiger partial charge in [0.15, 0.2) is 12.4 Å². The molecule has 0 aromatic heterocycles. The van der Waals surface area contributed by atoms with E-state index in [0.717, 1.165) is 24.7 Å². The molecule has 0 spiro atoms. The van der Waals surface area contributed by atoms with E-state index in [1.807, 2.05) is 37.4 Å². The van der Waals surface area contributed by atoms with E-state index in [-0.39, 0.29) is 29.5 Å². The lowest BCUT2D eigenvalue weighted by atomic mass is 10.2. The predicted molar refractivity (Wildman–Crippen MR) is 101 cm³/mol. The molecule has 2 aromatic rings. The highest BCUT2D eigenvalue weighted by atomic mass is 16.6. The minimum Gasteiger partial charge on any atom is -0.477 e. The zero-order chi connectivity index (χ0) is 19.6. The summed E-state index contributed by atoms with van der Waals surface area (Å²) in [5.74, 6) is -0.421. The largest absolute Gasteiger partial charge is 0.477 e. The molecule has 27 heavy (non-hydrogen) atoms. The van der Waals surface area contributed by atoms with Gasteiger partial charge in [-0.15, -0.1) is 0 Å². The average Bonchev–Trinajstić information content (AvgIpc) is 2.69. The van der Waals surface area contributed by atoms with Crippen LogP contribution in [0.1, 0.15) is 16.8 Å². The molecule has 0 aliphatic rings. The van der Waals surface area contributed by atoms with Gasteiger partial charge in [0.1, 0.15) is 6.29 Å². The van der Waals surface area contributed by atoms with E-state index in [2.05, 4.69) is 10.2 Å². The quantitative estimate of drug-likeness (QED) is 0.298. The number of carbonyl (C=O) groups excluding carboxylic acids is 2. The number of aldehydes is 1. The number of nitro benzene ring substituents is 1. The van der Waals surface area contributed by atoms with Gasteiger partial charge in [-0.3, -0.25) is 19.7 Å². The van der Waals surface area contributed by atoms with Crippen LogP contribution in [0, 0.1) is 10.1 Å². The van der Waals surface area contributed by atoms with Gasteiger partial charge in [-0.05, 0) is 30.7 Å². The molecule has 1 N–H and O–H groups in total. The van der Waals surface area contributed by atoms with Crippen LogP contribution >= 0.6 is 0 Å². The van der Waals surface area contributed by atoms with Crippen molar-refractivity contribution < 1.29 is 19.2 Å². The molecule has 0 unspecified atom stereocenters. The third-order valence-corrected chi connectivity index (χ3v) is 3.86. The second-order valence-electron chi connectivity index (χ2n) is 5.85. The van der Waals surface area contributed by atoms with Crippen molar-refractivity contribution in [2.45, 2.75) is 6.42 Å². The number of hydrogen-bond acceptors (Lipinski definition) is 6. The molecule has 0 fully saturated rings. The molecule has 0 heterocycles. The van der Waals surface area contributed by atoms with Crippen molar-refractivity contribution in [3.05, 3.63) is 64.2 Å². The van der Waals surface area contributed by atoms with E-state index >= 15 is 0 Å². The molecule has 0 atom stereocenters. The zero-order valence-corrected chi connectivity index (χ0v) is 15.0. The molecular formula is C19H21N3O5. The molecule has 0 saturated heterocycles. The summed E-state index contributed by atoms with van der Waals surface area (Å²) >= 11 is 0. The third kappa shape index (κ3) is 6.10. The summed E-state index contributed by atoms with van der Waals surface area (Å²) in [6.45, 7) is 0.894. The first kappa shape index (κ1) is 19.9. The SMILES string of the molecule is CN(CCCNC(=O)COc1ccc(C=O)cc1[N+](=O)[O-])c1ccccc1. The Labute approximate surface area is 156 Å². The van der Waals surface area contributed by atoms with Crippen LogP contribution in [0.3, 0.4) is 0 Å². The van der Waals surface area contributed by atoms with Crippen LogP contribution in [0.15, 0.2) is 48.5 Å². The molecule has 142 valence electrons. The Morgan fingerprint density at radius 1 is 1.26 bits per heavy atom. The summed E-state index contributed by atoms with van der Waals surface area (Å²) in [5.41, 5.74) is 0.913. The molecule has 8 heteroatoms.